The summed E-state index contributed by atoms with van der Waals surface area (Å²) < 4.78 is 11.3. The summed E-state index contributed by atoms with van der Waals surface area (Å²) in [5.41, 5.74) is 1.18. The van der Waals surface area contributed by atoms with E-state index in [2.05, 4.69) is 15.5 Å². The molecule has 1 atom stereocenters. The Hall–Kier alpha value is -2.94. The second kappa shape index (κ2) is 9.91. The summed E-state index contributed by atoms with van der Waals surface area (Å²) >= 11 is 1.38. The Labute approximate surface area is 185 Å². The maximum absolute atomic E-state index is 12.7. The number of thiophene rings is 1. The molecule has 4 rings (SSSR count). The maximum atomic E-state index is 12.7. The van der Waals surface area contributed by atoms with E-state index in [1.165, 1.54) is 11.3 Å². The summed E-state index contributed by atoms with van der Waals surface area (Å²) in [5.74, 6) is 1.36. The molecule has 2 amide bonds. The van der Waals surface area contributed by atoms with Crippen LogP contribution in [0.2, 0.25) is 0 Å². The molecule has 0 aliphatic carbocycles. The Bertz CT molecular complexity index is 1010. The third kappa shape index (κ3) is 5.41. The number of rotatable bonds is 7. The molecule has 1 aromatic carbocycles. The highest BCUT2D eigenvalue weighted by Crippen LogP contribution is 2.23. The van der Waals surface area contributed by atoms with Crippen LogP contribution in [0.3, 0.4) is 0 Å². The summed E-state index contributed by atoms with van der Waals surface area (Å²) in [6, 6.07) is 14.3. The Morgan fingerprint density at radius 2 is 1.84 bits per heavy atom. The summed E-state index contributed by atoms with van der Waals surface area (Å²) in [6.07, 6.45) is 0. The van der Waals surface area contributed by atoms with Gasteiger partial charge < -0.3 is 19.8 Å². The predicted octanol–water partition coefficient (Wildman–Crippen LogP) is 3.71. The van der Waals surface area contributed by atoms with Crippen LogP contribution in [0.4, 0.5) is 5.69 Å². The van der Waals surface area contributed by atoms with Gasteiger partial charge in [0.05, 0.1) is 24.1 Å². The Balaban J connectivity index is 1.37. The molecule has 1 fully saturated rings. The molecule has 31 heavy (non-hydrogen) atoms. The minimum Gasteiger partial charge on any atom is -0.465 e. The van der Waals surface area contributed by atoms with Gasteiger partial charge >= 0.3 is 0 Å². The molecule has 2 aromatic heterocycles. The molecule has 8 heteroatoms. The SMILES string of the molecule is Cc1ccc([C@@H](CNC(=O)c2ccc(NC(=O)c3cccs3)cc2)N2CCOCC2)o1. The van der Waals surface area contributed by atoms with Crippen molar-refractivity contribution in [3.05, 3.63) is 75.9 Å². The fourth-order valence-electron chi connectivity index (χ4n) is 3.53. The van der Waals surface area contributed by atoms with Gasteiger partial charge in [0.25, 0.3) is 11.8 Å². The normalized spacial score (nSPS) is 15.4. The van der Waals surface area contributed by atoms with E-state index >= 15 is 0 Å². The van der Waals surface area contributed by atoms with Crippen molar-refractivity contribution in [1.29, 1.82) is 0 Å². The number of carbonyl (C=O) groups is 2. The monoisotopic (exact) mass is 439 g/mol. The van der Waals surface area contributed by atoms with Gasteiger partial charge in [-0.1, -0.05) is 6.07 Å². The smallest absolute Gasteiger partial charge is 0.265 e. The van der Waals surface area contributed by atoms with Crippen molar-refractivity contribution >= 4 is 28.8 Å². The van der Waals surface area contributed by atoms with Crippen molar-refractivity contribution in [2.45, 2.75) is 13.0 Å². The zero-order valence-electron chi connectivity index (χ0n) is 17.3. The van der Waals surface area contributed by atoms with Gasteiger partial charge in [0.15, 0.2) is 0 Å². The molecular weight excluding hydrogens is 414 g/mol. The van der Waals surface area contributed by atoms with Crippen LogP contribution in [0.15, 0.2) is 58.3 Å². The summed E-state index contributed by atoms with van der Waals surface area (Å²) in [6.45, 7) is 5.27. The molecule has 3 heterocycles. The molecule has 3 aromatic rings. The molecule has 0 unspecified atom stereocenters. The first-order chi connectivity index (χ1) is 15.1. The lowest BCUT2D eigenvalue weighted by atomic mass is 10.1. The van der Waals surface area contributed by atoms with Gasteiger partial charge in [-0.05, 0) is 54.8 Å². The Morgan fingerprint density at radius 3 is 2.48 bits per heavy atom. The van der Waals surface area contributed by atoms with E-state index in [4.69, 9.17) is 9.15 Å². The predicted molar refractivity (Wildman–Crippen MR) is 120 cm³/mol. The molecule has 2 N–H and O–H groups in total. The summed E-state index contributed by atoms with van der Waals surface area (Å²) in [4.78, 5) is 27.8. The van der Waals surface area contributed by atoms with Crippen LogP contribution < -0.4 is 10.6 Å². The highest BCUT2D eigenvalue weighted by Gasteiger charge is 2.25. The minimum atomic E-state index is -0.169. The standard InChI is InChI=1S/C23H25N3O4S/c1-16-4-9-20(30-16)19(26-10-12-29-13-11-26)15-24-22(27)17-5-7-18(8-6-17)25-23(28)21-3-2-14-31-21/h2-9,14,19H,10-13,15H2,1H3,(H,24,27)(H,25,28)/t19-/m1/s1. The van der Waals surface area contributed by atoms with Crippen LogP contribution in [0, 0.1) is 6.92 Å². The van der Waals surface area contributed by atoms with Crippen molar-refractivity contribution < 1.29 is 18.7 Å². The molecule has 7 nitrogen and oxygen atoms in total. The van der Waals surface area contributed by atoms with Gasteiger partial charge in [0, 0.05) is 30.9 Å². The zero-order valence-corrected chi connectivity index (χ0v) is 18.1. The first-order valence-electron chi connectivity index (χ1n) is 10.2. The van der Waals surface area contributed by atoms with Gasteiger partial charge in [0.2, 0.25) is 0 Å². The number of nitrogens with zero attached hydrogens (tertiary/aromatic N) is 1. The molecular formula is C23H25N3O4S. The van der Waals surface area contributed by atoms with Gasteiger partial charge in [-0.2, -0.15) is 0 Å². The minimum absolute atomic E-state index is 0.0501. The van der Waals surface area contributed by atoms with Gasteiger partial charge in [-0.3, -0.25) is 14.5 Å². The van der Waals surface area contributed by atoms with E-state index < -0.39 is 0 Å². The van der Waals surface area contributed by atoms with E-state index in [9.17, 15) is 9.59 Å². The lowest BCUT2D eigenvalue weighted by Crippen LogP contribution is -2.43. The second-order valence-electron chi connectivity index (χ2n) is 7.33. The molecule has 0 bridgehead atoms. The first kappa shape index (κ1) is 21.3. The first-order valence-corrected chi connectivity index (χ1v) is 11.1. The fourth-order valence-corrected chi connectivity index (χ4v) is 4.15. The highest BCUT2D eigenvalue weighted by molar-refractivity contribution is 7.12. The number of benzene rings is 1. The lowest BCUT2D eigenvalue weighted by molar-refractivity contribution is 0.0117. The third-order valence-electron chi connectivity index (χ3n) is 5.18. The van der Waals surface area contributed by atoms with Gasteiger partial charge in [0.1, 0.15) is 11.5 Å². The molecule has 0 spiro atoms. The van der Waals surface area contributed by atoms with Crippen LogP contribution in [-0.4, -0.2) is 49.6 Å². The highest BCUT2D eigenvalue weighted by atomic mass is 32.1. The summed E-state index contributed by atoms with van der Waals surface area (Å²) in [5, 5.41) is 7.71. The number of amides is 2. The average Bonchev–Trinajstić information content (AvgIpc) is 3.47. The van der Waals surface area contributed by atoms with Crippen LogP contribution in [-0.2, 0) is 4.74 Å². The zero-order chi connectivity index (χ0) is 21.6. The number of hydrogen-bond donors (Lipinski definition) is 2. The number of furan rings is 1. The summed E-state index contributed by atoms with van der Waals surface area (Å²) in [7, 11) is 0. The van der Waals surface area contributed by atoms with Crippen molar-refractivity contribution in [3.8, 4) is 0 Å². The van der Waals surface area contributed by atoms with Crippen molar-refractivity contribution in [2.75, 3.05) is 38.2 Å². The van der Waals surface area contributed by atoms with E-state index in [0.717, 1.165) is 24.6 Å². The average molecular weight is 440 g/mol. The molecule has 1 saturated heterocycles. The van der Waals surface area contributed by atoms with Gasteiger partial charge in [-0.15, -0.1) is 11.3 Å². The Morgan fingerprint density at radius 1 is 1.06 bits per heavy atom. The van der Waals surface area contributed by atoms with Crippen LogP contribution >= 0.6 is 11.3 Å². The Kier molecular flexibility index (Phi) is 6.81. The molecule has 1 aliphatic rings. The van der Waals surface area contributed by atoms with E-state index in [0.29, 0.717) is 35.9 Å². The van der Waals surface area contributed by atoms with Crippen molar-refractivity contribution in [3.63, 3.8) is 0 Å². The van der Waals surface area contributed by atoms with Crippen LogP contribution in [0.1, 0.15) is 37.6 Å². The van der Waals surface area contributed by atoms with E-state index in [1.807, 2.05) is 30.5 Å². The number of hydrogen-bond acceptors (Lipinski definition) is 6. The molecule has 0 saturated carbocycles. The third-order valence-corrected chi connectivity index (χ3v) is 6.05. The second-order valence-corrected chi connectivity index (χ2v) is 8.28. The number of carbonyl (C=O) groups excluding carboxylic acids is 2. The largest absolute Gasteiger partial charge is 0.465 e. The van der Waals surface area contributed by atoms with E-state index in [1.54, 1.807) is 30.3 Å². The van der Waals surface area contributed by atoms with Crippen molar-refractivity contribution in [1.82, 2.24) is 10.2 Å². The van der Waals surface area contributed by atoms with Crippen LogP contribution in [0.5, 0.6) is 0 Å². The number of morpholine rings is 1. The maximum Gasteiger partial charge on any atom is 0.265 e. The quantitative estimate of drug-likeness (QED) is 0.586. The number of aryl methyl sites for hydroxylation is 1. The fraction of sp³-hybridized carbons (Fsp3) is 0.304. The topological polar surface area (TPSA) is 83.8 Å². The molecule has 1 aliphatic heterocycles. The van der Waals surface area contributed by atoms with E-state index in [-0.39, 0.29) is 17.9 Å². The number of nitrogens with one attached hydrogen (secondary N) is 2. The van der Waals surface area contributed by atoms with Gasteiger partial charge in [-0.25, -0.2) is 0 Å². The van der Waals surface area contributed by atoms with Crippen LogP contribution in [0.25, 0.3) is 0 Å². The number of anilines is 1. The lowest BCUT2D eigenvalue weighted by Gasteiger charge is -2.33. The van der Waals surface area contributed by atoms with Crippen molar-refractivity contribution in [2.24, 2.45) is 0 Å². The number of ether oxygens (including phenoxy) is 1. The molecule has 0 radical (unpaired) electrons. The molecule has 162 valence electrons.